The fraction of sp³-hybridized carbons (Fsp3) is 0.542. The van der Waals surface area contributed by atoms with E-state index in [1.807, 2.05) is 51.1 Å². The van der Waals surface area contributed by atoms with Gasteiger partial charge in [-0.1, -0.05) is 26.0 Å². The van der Waals surface area contributed by atoms with Crippen molar-refractivity contribution in [3.8, 4) is 34.0 Å². The first-order chi connectivity index (χ1) is 31.4. The van der Waals surface area contributed by atoms with E-state index in [-0.39, 0.29) is 31.4 Å². The third-order valence-electron chi connectivity index (χ3n) is 13.2. The number of nitrogens with zero attached hydrogens (tertiary/aromatic N) is 3. The lowest BCUT2D eigenvalue weighted by Gasteiger charge is -2.34. The van der Waals surface area contributed by atoms with Crippen LogP contribution in [0, 0.1) is 17.8 Å². The summed E-state index contributed by atoms with van der Waals surface area (Å²) >= 11 is 0. The van der Waals surface area contributed by atoms with Crippen LogP contribution in [0.2, 0.25) is 0 Å². The van der Waals surface area contributed by atoms with Gasteiger partial charge in [0.2, 0.25) is 27.4 Å². The highest BCUT2D eigenvalue weighted by Gasteiger charge is 2.63. The quantitative estimate of drug-likeness (QED) is 0.164. The number of ether oxygens (including phenoxy) is 3. The van der Waals surface area contributed by atoms with Crippen LogP contribution >= 0.6 is 0 Å². The second-order valence-electron chi connectivity index (χ2n) is 19.5. The van der Waals surface area contributed by atoms with Crippen LogP contribution in [0.15, 0.2) is 73.1 Å². The molecule has 3 fully saturated rings. The first-order valence-electron chi connectivity index (χ1n) is 22.7. The Morgan fingerprint density at radius 1 is 0.955 bits per heavy atom. The van der Waals surface area contributed by atoms with Crippen LogP contribution in [0.1, 0.15) is 93.4 Å². The van der Waals surface area contributed by atoms with Crippen molar-refractivity contribution in [2.45, 2.75) is 140 Å². The van der Waals surface area contributed by atoms with Gasteiger partial charge < -0.3 is 29.7 Å². The van der Waals surface area contributed by atoms with Gasteiger partial charge in [-0.05, 0) is 121 Å². The Labute approximate surface area is 389 Å². The molecule has 4 amide bonds. The fourth-order valence-electron chi connectivity index (χ4n) is 8.60. The van der Waals surface area contributed by atoms with E-state index < -0.39 is 85.9 Å². The topological polar surface area (TPSA) is 195 Å². The number of carbonyl (C=O) groups excluding carboxylic acids is 4. The van der Waals surface area contributed by atoms with E-state index in [1.165, 1.54) is 4.90 Å². The van der Waals surface area contributed by atoms with E-state index in [2.05, 4.69) is 20.3 Å². The van der Waals surface area contributed by atoms with Crippen LogP contribution in [-0.2, 0) is 29.1 Å². The molecule has 3 N–H and O–H groups in total. The van der Waals surface area contributed by atoms with Crippen LogP contribution in [0.5, 0.6) is 11.5 Å². The van der Waals surface area contributed by atoms with Gasteiger partial charge in [0.15, 0.2) is 0 Å². The molecule has 7 rings (SSSR count). The zero-order valence-electron chi connectivity index (χ0n) is 38.7. The number of amides is 4. The van der Waals surface area contributed by atoms with Gasteiger partial charge in [0.25, 0.3) is 5.91 Å². The molecular formula is C48H59F3N6O9S. The molecule has 0 unspecified atom stereocenters. The molecule has 0 radical (unpaired) electrons. The Balaban J connectivity index is 1.25. The molecule has 0 spiro atoms. The van der Waals surface area contributed by atoms with Crippen LogP contribution in [0.25, 0.3) is 22.5 Å². The molecule has 362 valence electrons. The summed E-state index contributed by atoms with van der Waals surface area (Å²) in [6.07, 6.45) is 1.75. The molecule has 7 atom stereocenters. The summed E-state index contributed by atoms with van der Waals surface area (Å²) in [4.78, 5) is 67.4. The van der Waals surface area contributed by atoms with E-state index in [1.54, 1.807) is 56.6 Å². The van der Waals surface area contributed by atoms with Gasteiger partial charge >= 0.3 is 12.3 Å². The number of sulfonamides is 1. The monoisotopic (exact) mass is 952 g/mol. The molecule has 2 saturated carbocycles. The van der Waals surface area contributed by atoms with Crippen LogP contribution < -0.4 is 24.8 Å². The first-order valence-corrected chi connectivity index (χ1v) is 24.2. The molecule has 4 aliphatic rings. The number of rotatable bonds is 11. The van der Waals surface area contributed by atoms with E-state index in [0.717, 1.165) is 11.1 Å². The lowest BCUT2D eigenvalue weighted by molar-refractivity contribution is -0.244. The molecule has 2 aliphatic carbocycles. The normalized spacial score (nSPS) is 27.0. The van der Waals surface area contributed by atoms with Gasteiger partial charge in [-0.2, -0.15) is 13.2 Å². The zero-order valence-corrected chi connectivity index (χ0v) is 39.5. The minimum absolute atomic E-state index is 0.0425. The lowest BCUT2D eigenvalue weighted by atomic mass is 9.88. The van der Waals surface area contributed by atoms with E-state index in [9.17, 15) is 36.0 Å². The second-order valence-corrected chi connectivity index (χ2v) is 21.7. The van der Waals surface area contributed by atoms with E-state index in [0.29, 0.717) is 68.8 Å². The average molecular weight is 953 g/mol. The Bertz CT molecular complexity index is 2480. The predicted molar refractivity (Wildman–Crippen MR) is 242 cm³/mol. The minimum atomic E-state index is -4.93. The van der Waals surface area contributed by atoms with Crippen molar-refractivity contribution in [2.75, 3.05) is 6.54 Å². The standard InChI is InChI=1S/C48H59F3N6O9S/c1-28(2)64-34-14-12-31(13-15-34)37-23-35(24-38(53-37)32-16-20-52-21-17-32)65-36-25-39-41(58)55-47(43(60)56-67(62,63)46(7)18-19-46)26-33(47)11-9-8-10-29(3)22-30(4)40(42(59)57(39)27-36)54-44(61)66-45(5,6)48(49,50)51/h9,11-17,20-21,23-24,28-30,33,36,39-40H,8,10,18-19,22,25-27H2,1-7H3,(H,54,61)(H,55,58)(H,56,60)/b11-9-/t29-,30+,33+,36+,39-,40-,47+/m0/s1. The maximum absolute atomic E-state index is 15.0. The summed E-state index contributed by atoms with van der Waals surface area (Å²) in [5.74, 6) is -2.75. The fourth-order valence-corrected chi connectivity index (χ4v) is 9.92. The van der Waals surface area contributed by atoms with Gasteiger partial charge in [0, 0.05) is 48.0 Å². The van der Waals surface area contributed by atoms with Crippen molar-refractivity contribution in [1.82, 2.24) is 30.2 Å². The molecule has 1 saturated heterocycles. The molecule has 3 aromatic rings. The highest BCUT2D eigenvalue weighted by atomic mass is 32.2. The van der Waals surface area contributed by atoms with Crippen LogP contribution in [0.4, 0.5) is 18.0 Å². The summed E-state index contributed by atoms with van der Waals surface area (Å²) < 4.78 is 86.7. The number of aromatic nitrogens is 2. The summed E-state index contributed by atoms with van der Waals surface area (Å²) in [6, 6.07) is 11.5. The Hall–Kier alpha value is -5.72. The van der Waals surface area contributed by atoms with Gasteiger partial charge in [0.05, 0.1) is 28.8 Å². The van der Waals surface area contributed by atoms with Gasteiger partial charge in [-0.3, -0.25) is 24.1 Å². The smallest absolute Gasteiger partial charge is 0.427 e. The van der Waals surface area contributed by atoms with E-state index in [4.69, 9.17) is 19.2 Å². The largest absolute Gasteiger partial charge is 0.491 e. The Morgan fingerprint density at radius 3 is 2.21 bits per heavy atom. The predicted octanol–water partition coefficient (Wildman–Crippen LogP) is 7.27. The third kappa shape index (κ3) is 11.0. The molecule has 15 nitrogen and oxygen atoms in total. The summed E-state index contributed by atoms with van der Waals surface area (Å²) in [7, 11) is -4.11. The summed E-state index contributed by atoms with van der Waals surface area (Å²) in [5, 5.41) is 5.24. The molecule has 2 aliphatic heterocycles. The molecule has 1 aromatic carbocycles. The number of carbonyl (C=O) groups is 4. The molecular weight excluding hydrogens is 894 g/mol. The second kappa shape index (κ2) is 18.8. The van der Waals surface area contributed by atoms with Crippen LogP contribution in [-0.4, -0.2) is 100 Å². The number of benzene rings is 1. The molecule has 4 heterocycles. The first kappa shape index (κ1) is 49.2. The summed E-state index contributed by atoms with van der Waals surface area (Å²) in [6.45, 7) is 10.2. The molecule has 19 heteroatoms. The van der Waals surface area contributed by atoms with Crippen LogP contribution in [0.3, 0.4) is 0 Å². The number of hydrogen-bond donors (Lipinski definition) is 3. The van der Waals surface area contributed by atoms with Crippen molar-refractivity contribution >= 4 is 33.8 Å². The molecule has 67 heavy (non-hydrogen) atoms. The zero-order chi connectivity index (χ0) is 48.7. The number of fused-ring (bicyclic) bond motifs is 2. The Kier molecular flexibility index (Phi) is 13.8. The van der Waals surface area contributed by atoms with Crippen molar-refractivity contribution in [3.05, 3.63) is 73.1 Å². The number of pyridine rings is 2. The van der Waals surface area contributed by atoms with Gasteiger partial charge in [-0.25, -0.2) is 18.2 Å². The maximum Gasteiger partial charge on any atom is 0.427 e. The van der Waals surface area contributed by atoms with Gasteiger partial charge in [0.1, 0.15) is 35.2 Å². The van der Waals surface area contributed by atoms with Crippen molar-refractivity contribution in [3.63, 3.8) is 0 Å². The number of hydrogen-bond acceptors (Lipinski definition) is 11. The summed E-state index contributed by atoms with van der Waals surface area (Å²) in [5.41, 5.74) is -2.05. The molecule has 0 bridgehead atoms. The van der Waals surface area contributed by atoms with E-state index >= 15 is 4.79 Å². The number of halogens is 3. The Morgan fingerprint density at radius 2 is 1.60 bits per heavy atom. The van der Waals surface area contributed by atoms with Crippen molar-refractivity contribution < 1.29 is 55.0 Å². The number of alkyl halides is 3. The number of nitrogens with one attached hydrogen (secondary N) is 3. The number of alkyl carbamates (subject to hydrolysis) is 1. The number of allylic oxidation sites excluding steroid dienone is 1. The highest BCUT2D eigenvalue weighted by molar-refractivity contribution is 7.91. The van der Waals surface area contributed by atoms with Crippen molar-refractivity contribution in [1.29, 1.82) is 0 Å². The SMILES string of the molecule is CC(C)Oc1ccc(-c2cc(O[C@@H]3C[C@H]4C(=O)N[C@]5(C(=O)NS(=O)(=O)C6(C)CC6)C[C@H]5/C=C\CC[C@H](C)C[C@@H](C)[C@H](NC(=O)OC(C)(C)C(F)(F)F)C(=O)N4C3)cc(-c3ccncc3)n2)cc1. The maximum atomic E-state index is 15.0. The minimum Gasteiger partial charge on any atom is -0.491 e. The average Bonchev–Trinajstić information content (AvgIpc) is 4.14. The molecule has 2 aromatic heterocycles. The van der Waals surface area contributed by atoms with Crippen molar-refractivity contribution in [2.24, 2.45) is 17.8 Å². The van der Waals surface area contributed by atoms with Gasteiger partial charge in [-0.15, -0.1) is 0 Å². The third-order valence-corrected chi connectivity index (χ3v) is 15.3. The highest BCUT2D eigenvalue weighted by Crippen LogP contribution is 2.48. The lowest BCUT2D eigenvalue weighted by Crippen LogP contribution is -2.59.